The molecule has 3 N–H and O–H groups in total. The van der Waals surface area contributed by atoms with Crippen molar-refractivity contribution in [2.24, 2.45) is 5.73 Å². The molecule has 0 aliphatic heterocycles. The van der Waals surface area contributed by atoms with Crippen LogP contribution in [0.25, 0.3) is 21.8 Å². The largest absolute Gasteiger partial charge is 0.391 e. The van der Waals surface area contributed by atoms with E-state index in [-0.39, 0.29) is 18.4 Å². The SMILES string of the molecule is CCCC[C@@H](O)[C@@H](N)c1ccc2c(c1)c1ccccc1n2CC.Cl. The molecular weight excluding hydrogens is 320 g/mol. The van der Waals surface area contributed by atoms with Gasteiger partial charge in [-0.1, -0.05) is 44.0 Å². The van der Waals surface area contributed by atoms with E-state index in [0.717, 1.165) is 31.4 Å². The summed E-state index contributed by atoms with van der Waals surface area (Å²) in [4.78, 5) is 0. The Morgan fingerprint density at radius 3 is 2.46 bits per heavy atom. The number of para-hydroxylation sites is 1. The second-order valence-electron chi connectivity index (χ2n) is 6.27. The minimum absolute atomic E-state index is 0. The third-order valence-corrected chi connectivity index (χ3v) is 4.77. The Bertz CT molecular complexity index is 812. The van der Waals surface area contributed by atoms with Crippen LogP contribution in [0.1, 0.15) is 44.7 Å². The third-order valence-electron chi connectivity index (χ3n) is 4.77. The van der Waals surface area contributed by atoms with Crippen molar-refractivity contribution in [3.8, 4) is 0 Å². The van der Waals surface area contributed by atoms with Gasteiger partial charge in [0, 0.05) is 28.4 Å². The van der Waals surface area contributed by atoms with Gasteiger partial charge in [-0.25, -0.2) is 0 Å². The number of aromatic nitrogens is 1. The molecule has 0 bridgehead atoms. The molecule has 0 aliphatic rings. The lowest BCUT2D eigenvalue weighted by Gasteiger charge is -2.19. The monoisotopic (exact) mass is 346 g/mol. The van der Waals surface area contributed by atoms with Gasteiger partial charge < -0.3 is 15.4 Å². The molecule has 0 amide bonds. The van der Waals surface area contributed by atoms with E-state index in [4.69, 9.17) is 5.73 Å². The van der Waals surface area contributed by atoms with Gasteiger partial charge in [-0.3, -0.25) is 0 Å². The molecule has 2 aromatic carbocycles. The van der Waals surface area contributed by atoms with Gasteiger partial charge in [-0.15, -0.1) is 12.4 Å². The zero-order valence-corrected chi connectivity index (χ0v) is 15.2. The first kappa shape index (κ1) is 18.8. The molecule has 1 aromatic heterocycles. The van der Waals surface area contributed by atoms with Crippen LogP contribution >= 0.6 is 12.4 Å². The van der Waals surface area contributed by atoms with Gasteiger partial charge in [0.1, 0.15) is 0 Å². The van der Waals surface area contributed by atoms with Crippen molar-refractivity contribution in [2.75, 3.05) is 0 Å². The molecular formula is C20H27ClN2O. The van der Waals surface area contributed by atoms with Crippen molar-refractivity contribution in [3.63, 3.8) is 0 Å². The highest BCUT2D eigenvalue weighted by Gasteiger charge is 2.18. The van der Waals surface area contributed by atoms with E-state index >= 15 is 0 Å². The minimum Gasteiger partial charge on any atom is -0.391 e. The van der Waals surface area contributed by atoms with Crippen LogP contribution in [0.2, 0.25) is 0 Å². The average Bonchev–Trinajstić information content (AvgIpc) is 2.92. The van der Waals surface area contributed by atoms with Crippen LogP contribution in [0.3, 0.4) is 0 Å². The average molecular weight is 347 g/mol. The van der Waals surface area contributed by atoms with Crippen LogP contribution in [0.5, 0.6) is 0 Å². The maximum absolute atomic E-state index is 10.3. The van der Waals surface area contributed by atoms with Crippen LogP contribution in [-0.4, -0.2) is 15.8 Å². The van der Waals surface area contributed by atoms with Crippen molar-refractivity contribution in [1.29, 1.82) is 0 Å². The van der Waals surface area contributed by atoms with E-state index in [2.05, 4.69) is 60.9 Å². The lowest BCUT2D eigenvalue weighted by molar-refractivity contribution is 0.132. The summed E-state index contributed by atoms with van der Waals surface area (Å²) < 4.78 is 2.33. The maximum atomic E-state index is 10.3. The molecule has 0 unspecified atom stereocenters. The maximum Gasteiger partial charge on any atom is 0.0732 e. The second-order valence-corrected chi connectivity index (χ2v) is 6.27. The Morgan fingerprint density at radius 1 is 1.04 bits per heavy atom. The number of hydrogen-bond acceptors (Lipinski definition) is 2. The molecule has 0 saturated heterocycles. The van der Waals surface area contributed by atoms with Gasteiger partial charge in [-0.05, 0) is 37.1 Å². The first-order valence-electron chi connectivity index (χ1n) is 8.61. The van der Waals surface area contributed by atoms with E-state index in [0.29, 0.717) is 0 Å². The van der Waals surface area contributed by atoms with E-state index in [1.807, 2.05) is 0 Å². The van der Waals surface area contributed by atoms with Gasteiger partial charge in [-0.2, -0.15) is 0 Å². The van der Waals surface area contributed by atoms with E-state index in [1.165, 1.54) is 21.8 Å². The molecule has 0 fully saturated rings. The summed E-state index contributed by atoms with van der Waals surface area (Å²) in [7, 11) is 0. The fourth-order valence-electron chi connectivity index (χ4n) is 3.43. The topological polar surface area (TPSA) is 51.2 Å². The number of aryl methyl sites for hydroxylation is 1. The molecule has 3 aromatic rings. The Labute approximate surface area is 149 Å². The van der Waals surface area contributed by atoms with Gasteiger partial charge in [0.05, 0.1) is 12.1 Å². The lowest BCUT2D eigenvalue weighted by Crippen LogP contribution is -2.26. The Hall–Kier alpha value is -1.55. The van der Waals surface area contributed by atoms with Crippen LogP contribution in [-0.2, 0) is 6.54 Å². The molecule has 0 radical (unpaired) electrons. The first-order chi connectivity index (χ1) is 11.2. The van der Waals surface area contributed by atoms with E-state index in [1.54, 1.807) is 0 Å². The molecule has 0 saturated carbocycles. The van der Waals surface area contributed by atoms with Crippen LogP contribution < -0.4 is 5.73 Å². The quantitative estimate of drug-likeness (QED) is 0.674. The van der Waals surface area contributed by atoms with Gasteiger partial charge in [0.25, 0.3) is 0 Å². The number of aliphatic hydroxyl groups excluding tert-OH is 1. The molecule has 3 rings (SSSR count). The van der Waals surface area contributed by atoms with Crippen LogP contribution in [0, 0.1) is 0 Å². The highest BCUT2D eigenvalue weighted by atomic mass is 35.5. The number of hydrogen-bond donors (Lipinski definition) is 2. The fourth-order valence-corrected chi connectivity index (χ4v) is 3.43. The number of halogens is 1. The smallest absolute Gasteiger partial charge is 0.0732 e. The zero-order valence-electron chi connectivity index (χ0n) is 14.4. The number of unbranched alkanes of at least 4 members (excludes halogenated alkanes) is 1. The predicted octanol–water partition coefficient (Wildman–Crippen LogP) is 4.79. The second kappa shape index (κ2) is 8.02. The molecule has 130 valence electrons. The van der Waals surface area contributed by atoms with Crippen molar-refractivity contribution in [3.05, 3.63) is 48.0 Å². The first-order valence-corrected chi connectivity index (χ1v) is 8.61. The Morgan fingerprint density at radius 2 is 1.75 bits per heavy atom. The van der Waals surface area contributed by atoms with Crippen molar-refractivity contribution in [1.82, 2.24) is 4.57 Å². The number of benzene rings is 2. The molecule has 2 atom stereocenters. The minimum atomic E-state index is -0.480. The fraction of sp³-hybridized carbons (Fsp3) is 0.400. The molecule has 4 heteroatoms. The predicted molar refractivity (Wildman–Crippen MR) is 105 cm³/mol. The van der Waals surface area contributed by atoms with Gasteiger partial charge >= 0.3 is 0 Å². The number of aliphatic hydroxyl groups is 1. The Balaban J connectivity index is 0.00000208. The number of nitrogens with zero attached hydrogens (tertiary/aromatic N) is 1. The summed E-state index contributed by atoms with van der Waals surface area (Å²) in [6.07, 6.45) is 2.36. The molecule has 0 aliphatic carbocycles. The summed E-state index contributed by atoms with van der Waals surface area (Å²) in [6.45, 7) is 5.23. The highest BCUT2D eigenvalue weighted by Crippen LogP contribution is 2.31. The van der Waals surface area contributed by atoms with Gasteiger partial charge in [0.2, 0.25) is 0 Å². The summed E-state index contributed by atoms with van der Waals surface area (Å²) in [6, 6.07) is 14.5. The van der Waals surface area contributed by atoms with E-state index < -0.39 is 6.10 Å². The number of fused-ring (bicyclic) bond motifs is 3. The molecule has 1 heterocycles. The lowest BCUT2D eigenvalue weighted by atomic mass is 9.97. The summed E-state index contributed by atoms with van der Waals surface area (Å²) in [5.74, 6) is 0. The normalized spacial score (nSPS) is 13.8. The third kappa shape index (κ3) is 3.30. The highest BCUT2D eigenvalue weighted by molar-refractivity contribution is 6.08. The van der Waals surface area contributed by atoms with Crippen LogP contribution in [0.4, 0.5) is 0 Å². The van der Waals surface area contributed by atoms with Gasteiger partial charge in [0.15, 0.2) is 0 Å². The van der Waals surface area contributed by atoms with Crippen molar-refractivity contribution in [2.45, 2.75) is 51.8 Å². The number of rotatable bonds is 6. The molecule has 24 heavy (non-hydrogen) atoms. The summed E-state index contributed by atoms with van der Waals surface area (Å²) in [5.41, 5.74) is 9.79. The molecule has 0 spiro atoms. The van der Waals surface area contributed by atoms with Crippen molar-refractivity contribution >= 4 is 34.2 Å². The van der Waals surface area contributed by atoms with Crippen LogP contribution in [0.15, 0.2) is 42.5 Å². The zero-order chi connectivity index (χ0) is 16.4. The molecule has 3 nitrogen and oxygen atoms in total. The Kier molecular flexibility index (Phi) is 6.27. The standard InChI is InChI=1S/C20H26N2O.ClH/c1-3-5-10-19(23)20(21)14-11-12-18-16(13-14)15-8-6-7-9-17(15)22(18)4-2;/h6-9,11-13,19-20,23H,3-5,10,21H2,1-2H3;1H/t19-,20+;/m1./s1. The van der Waals surface area contributed by atoms with E-state index in [9.17, 15) is 5.11 Å². The van der Waals surface area contributed by atoms with Crippen molar-refractivity contribution < 1.29 is 5.11 Å². The summed E-state index contributed by atoms with van der Waals surface area (Å²) in [5, 5.41) is 12.8. The summed E-state index contributed by atoms with van der Waals surface area (Å²) >= 11 is 0. The number of nitrogens with two attached hydrogens (primary N) is 1.